The van der Waals surface area contributed by atoms with Crippen LogP contribution in [0.2, 0.25) is 0 Å². The molecule has 0 radical (unpaired) electrons. The van der Waals surface area contributed by atoms with Crippen molar-refractivity contribution in [3.05, 3.63) is 69.3 Å². The van der Waals surface area contributed by atoms with Crippen LogP contribution < -0.4 is 10.6 Å². The van der Waals surface area contributed by atoms with E-state index in [0.717, 1.165) is 11.6 Å². The zero-order valence-electron chi connectivity index (χ0n) is 15.4. The summed E-state index contributed by atoms with van der Waals surface area (Å²) in [6, 6.07) is 10.4. The summed E-state index contributed by atoms with van der Waals surface area (Å²) in [7, 11) is 1.53. The number of rotatable bonds is 8. The van der Waals surface area contributed by atoms with Gasteiger partial charge in [-0.25, -0.2) is 4.79 Å². The lowest BCUT2D eigenvalue weighted by Crippen LogP contribution is -2.19. The van der Waals surface area contributed by atoms with E-state index in [1.807, 2.05) is 0 Å². The van der Waals surface area contributed by atoms with E-state index in [0.29, 0.717) is 12.1 Å². The van der Waals surface area contributed by atoms with Crippen molar-refractivity contribution in [1.29, 1.82) is 0 Å². The molecule has 0 fully saturated rings. The molecule has 146 valence electrons. The normalized spacial score (nSPS) is 10.1. The number of anilines is 1. The smallest absolute Gasteiger partial charge is 0.338 e. The maximum Gasteiger partial charge on any atom is 0.338 e. The lowest BCUT2D eigenvalue weighted by molar-refractivity contribution is -0.384. The van der Waals surface area contributed by atoms with Crippen molar-refractivity contribution in [2.75, 3.05) is 19.0 Å². The number of benzene rings is 2. The summed E-state index contributed by atoms with van der Waals surface area (Å²) in [4.78, 5) is 45.6. The van der Waals surface area contributed by atoms with Crippen LogP contribution in [0.5, 0.6) is 0 Å². The van der Waals surface area contributed by atoms with Crippen molar-refractivity contribution in [3.8, 4) is 0 Å². The Morgan fingerprint density at radius 1 is 1.07 bits per heavy atom. The van der Waals surface area contributed by atoms with Crippen LogP contribution in [-0.2, 0) is 16.1 Å². The van der Waals surface area contributed by atoms with E-state index >= 15 is 0 Å². The molecule has 0 saturated carbocycles. The van der Waals surface area contributed by atoms with Crippen LogP contribution in [-0.4, -0.2) is 36.2 Å². The lowest BCUT2D eigenvalue weighted by atomic mass is 10.1. The Morgan fingerprint density at radius 2 is 1.71 bits per heavy atom. The summed E-state index contributed by atoms with van der Waals surface area (Å²) in [5.74, 6) is -1.41. The Hall–Kier alpha value is -3.75. The van der Waals surface area contributed by atoms with Crippen molar-refractivity contribution >= 4 is 29.0 Å². The standard InChI is InChI=1S/C19H19N3O6/c1-12(23)21-10-13-3-5-14(6-4-13)18(24)11-28-19(25)15-7-8-16(20-2)17(9-15)22(26)27/h3-9,20H,10-11H2,1-2H3,(H,21,23). The second-order valence-electron chi connectivity index (χ2n) is 5.85. The second kappa shape index (κ2) is 9.26. The molecule has 0 bridgehead atoms. The number of amides is 1. The summed E-state index contributed by atoms with van der Waals surface area (Å²) in [5, 5.41) is 16.4. The number of hydrogen-bond donors (Lipinski definition) is 2. The maximum absolute atomic E-state index is 12.2. The van der Waals surface area contributed by atoms with Gasteiger partial charge in [-0.05, 0) is 17.7 Å². The lowest BCUT2D eigenvalue weighted by Gasteiger charge is -2.07. The van der Waals surface area contributed by atoms with E-state index in [-0.39, 0.29) is 22.8 Å². The molecule has 0 aliphatic rings. The van der Waals surface area contributed by atoms with E-state index in [9.17, 15) is 24.5 Å². The third-order valence-electron chi connectivity index (χ3n) is 3.85. The molecular weight excluding hydrogens is 366 g/mol. The number of nitrogens with zero attached hydrogens (tertiary/aromatic N) is 1. The Morgan fingerprint density at radius 3 is 2.29 bits per heavy atom. The number of ether oxygens (including phenoxy) is 1. The van der Waals surface area contributed by atoms with Crippen molar-refractivity contribution in [3.63, 3.8) is 0 Å². The van der Waals surface area contributed by atoms with Crippen LogP contribution in [0.15, 0.2) is 42.5 Å². The van der Waals surface area contributed by atoms with Gasteiger partial charge in [0.05, 0.1) is 10.5 Å². The molecule has 1 amide bonds. The van der Waals surface area contributed by atoms with E-state index in [4.69, 9.17) is 4.74 Å². The number of carbonyl (C=O) groups excluding carboxylic acids is 3. The van der Waals surface area contributed by atoms with Gasteiger partial charge in [-0.3, -0.25) is 19.7 Å². The monoisotopic (exact) mass is 385 g/mol. The Kier molecular flexibility index (Phi) is 6.80. The molecule has 0 heterocycles. The van der Waals surface area contributed by atoms with Crippen molar-refractivity contribution < 1.29 is 24.0 Å². The molecule has 28 heavy (non-hydrogen) atoms. The van der Waals surface area contributed by atoms with Gasteiger partial charge in [0, 0.05) is 32.1 Å². The highest BCUT2D eigenvalue weighted by molar-refractivity contribution is 5.99. The van der Waals surface area contributed by atoms with Gasteiger partial charge in [0.2, 0.25) is 5.91 Å². The molecule has 2 rings (SSSR count). The summed E-state index contributed by atoms with van der Waals surface area (Å²) >= 11 is 0. The molecule has 0 spiro atoms. The minimum absolute atomic E-state index is 0.0239. The van der Waals surface area contributed by atoms with Crippen LogP contribution in [0.3, 0.4) is 0 Å². The Bertz CT molecular complexity index is 908. The number of nitro benzene ring substituents is 1. The topological polar surface area (TPSA) is 128 Å². The van der Waals surface area contributed by atoms with E-state index in [2.05, 4.69) is 10.6 Å². The van der Waals surface area contributed by atoms with Gasteiger partial charge in [-0.1, -0.05) is 24.3 Å². The van der Waals surface area contributed by atoms with E-state index < -0.39 is 23.3 Å². The number of hydrogen-bond acceptors (Lipinski definition) is 7. The SMILES string of the molecule is CNc1ccc(C(=O)OCC(=O)c2ccc(CNC(C)=O)cc2)cc1[N+](=O)[O-]. The fraction of sp³-hybridized carbons (Fsp3) is 0.211. The maximum atomic E-state index is 12.2. The summed E-state index contributed by atoms with van der Waals surface area (Å²) in [5.41, 5.74) is 1.13. The third-order valence-corrected chi connectivity index (χ3v) is 3.85. The first-order valence-corrected chi connectivity index (χ1v) is 8.31. The number of carbonyl (C=O) groups is 3. The first kappa shape index (κ1) is 20.6. The number of Topliss-reactive ketones (excluding diaryl/α,β-unsaturated/α-hetero) is 1. The molecule has 0 unspecified atom stereocenters. The van der Waals surface area contributed by atoms with Crippen molar-refractivity contribution in [2.24, 2.45) is 0 Å². The zero-order chi connectivity index (χ0) is 20.7. The quantitative estimate of drug-likeness (QED) is 0.309. The predicted octanol–water partition coefficient (Wildman–Crippen LogP) is 2.31. The van der Waals surface area contributed by atoms with Gasteiger partial charge >= 0.3 is 5.97 Å². The van der Waals surface area contributed by atoms with Gasteiger partial charge in [0.15, 0.2) is 12.4 Å². The van der Waals surface area contributed by atoms with Crippen molar-refractivity contribution in [2.45, 2.75) is 13.5 Å². The van der Waals surface area contributed by atoms with Gasteiger partial charge in [0.1, 0.15) is 5.69 Å². The number of nitrogens with one attached hydrogen (secondary N) is 2. The molecule has 9 nitrogen and oxygen atoms in total. The zero-order valence-corrected chi connectivity index (χ0v) is 15.4. The molecule has 0 aromatic heterocycles. The predicted molar refractivity (Wildman–Crippen MR) is 101 cm³/mol. The van der Waals surface area contributed by atoms with Crippen LogP contribution in [0.4, 0.5) is 11.4 Å². The molecular formula is C19H19N3O6. The number of ketones is 1. The minimum Gasteiger partial charge on any atom is -0.454 e. The molecule has 9 heteroatoms. The summed E-state index contributed by atoms with van der Waals surface area (Å²) in [6.07, 6.45) is 0. The van der Waals surface area contributed by atoms with Gasteiger partial charge < -0.3 is 15.4 Å². The third kappa shape index (κ3) is 5.37. The first-order valence-electron chi connectivity index (χ1n) is 8.31. The minimum atomic E-state index is -0.832. The van der Waals surface area contributed by atoms with Gasteiger partial charge in [-0.15, -0.1) is 0 Å². The first-order chi connectivity index (χ1) is 13.3. The summed E-state index contributed by atoms with van der Waals surface area (Å²) < 4.78 is 4.97. The van der Waals surface area contributed by atoms with E-state index in [1.54, 1.807) is 24.3 Å². The molecule has 2 aromatic rings. The highest BCUT2D eigenvalue weighted by atomic mass is 16.6. The highest BCUT2D eigenvalue weighted by Crippen LogP contribution is 2.25. The number of esters is 1. The molecule has 0 saturated heterocycles. The molecule has 0 aliphatic heterocycles. The van der Waals surface area contributed by atoms with Crippen LogP contribution in [0, 0.1) is 10.1 Å². The molecule has 0 aliphatic carbocycles. The molecule has 0 atom stereocenters. The van der Waals surface area contributed by atoms with Gasteiger partial charge in [-0.2, -0.15) is 0 Å². The molecule has 2 N–H and O–H groups in total. The fourth-order valence-corrected chi connectivity index (χ4v) is 2.35. The average molecular weight is 385 g/mol. The number of nitro groups is 1. The van der Waals surface area contributed by atoms with Crippen molar-refractivity contribution in [1.82, 2.24) is 5.32 Å². The van der Waals surface area contributed by atoms with Gasteiger partial charge in [0.25, 0.3) is 5.69 Å². The van der Waals surface area contributed by atoms with E-state index in [1.165, 1.54) is 26.1 Å². The summed E-state index contributed by atoms with van der Waals surface area (Å²) in [6.45, 7) is 1.26. The highest BCUT2D eigenvalue weighted by Gasteiger charge is 2.18. The van der Waals surface area contributed by atoms with Crippen LogP contribution >= 0.6 is 0 Å². The van der Waals surface area contributed by atoms with Crippen LogP contribution in [0.1, 0.15) is 33.2 Å². The Balaban J connectivity index is 1.98. The largest absolute Gasteiger partial charge is 0.454 e. The fourth-order valence-electron chi connectivity index (χ4n) is 2.35. The second-order valence-corrected chi connectivity index (χ2v) is 5.85. The molecule has 2 aromatic carbocycles. The van der Waals surface area contributed by atoms with Crippen LogP contribution in [0.25, 0.3) is 0 Å². The Labute approximate surface area is 160 Å². The average Bonchev–Trinajstić information content (AvgIpc) is 2.69.